The fourth-order valence-corrected chi connectivity index (χ4v) is 2.65. The molecule has 0 saturated carbocycles. The van der Waals surface area contributed by atoms with Crippen LogP contribution in [-0.4, -0.2) is 13.0 Å². The number of ether oxygens (including phenoxy) is 1. The van der Waals surface area contributed by atoms with Crippen molar-refractivity contribution in [3.05, 3.63) is 47.2 Å². The topological polar surface area (TPSA) is 50.4 Å². The summed E-state index contributed by atoms with van der Waals surface area (Å²) in [6.45, 7) is 1.29. The van der Waals surface area contributed by atoms with Gasteiger partial charge in [-0.15, -0.1) is 0 Å². The van der Waals surface area contributed by atoms with Gasteiger partial charge in [-0.05, 0) is 48.3 Å². The number of anilines is 2. The van der Waals surface area contributed by atoms with Crippen molar-refractivity contribution in [2.24, 2.45) is 0 Å². The monoisotopic (exact) mass is 340 g/mol. The second kappa shape index (κ2) is 7.38. The summed E-state index contributed by atoms with van der Waals surface area (Å²) in [7, 11) is 1.60. The second-order valence-corrected chi connectivity index (χ2v) is 5.60. The van der Waals surface area contributed by atoms with Gasteiger partial charge in [0.15, 0.2) is 0 Å². The third-order valence-corrected chi connectivity index (χ3v) is 3.95. The van der Waals surface area contributed by atoms with Crippen molar-refractivity contribution in [2.45, 2.75) is 11.8 Å². The van der Waals surface area contributed by atoms with Crippen LogP contribution in [0.2, 0.25) is 5.02 Å². The van der Waals surface area contributed by atoms with Crippen LogP contribution in [-0.2, 0) is 4.79 Å². The molecule has 0 atom stereocenters. The van der Waals surface area contributed by atoms with Crippen LogP contribution < -0.4 is 14.8 Å². The average molecular weight is 341 g/mol. The van der Waals surface area contributed by atoms with Crippen molar-refractivity contribution in [3.8, 4) is 5.75 Å². The molecule has 0 aliphatic rings. The van der Waals surface area contributed by atoms with Crippen LogP contribution in [0.1, 0.15) is 6.92 Å². The highest BCUT2D eigenvalue weighted by molar-refractivity contribution is 8.00. The normalized spacial score (nSPS) is 10.2. The Morgan fingerprint density at radius 2 is 1.91 bits per heavy atom. The van der Waals surface area contributed by atoms with Gasteiger partial charge in [-0.1, -0.05) is 11.6 Å². The summed E-state index contributed by atoms with van der Waals surface area (Å²) in [6.07, 6.45) is 0. The Kier molecular flexibility index (Phi) is 5.51. The fraction of sp³-hybridized carbons (Fsp3) is 0.133. The summed E-state index contributed by atoms with van der Waals surface area (Å²) in [5.41, 5.74) is 0.474. The predicted molar refractivity (Wildman–Crippen MR) is 88.2 cm³/mol. The maximum atomic E-state index is 13.7. The molecule has 0 bridgehead atoms. The fourth-order valence-electron chi connectivity index (χ4n) is 1.68. The summed E-state index contributed by atoms with van der Waals surface area (Å²) in [6, 6.07) is 10.2. The number of nitrogens with one attached hydrogen (secondary N) is 2. The van der Waals surface area contributed by atoms with E-state index in [2.05, 4.69) is 10.0 Å². The summed E-state index contributed by atoms with van der Waals surface area (Å²) in [5, 5.41) is 2.50. The predicted octanol–water partition coefficient (Wildman–Crippen LogP) is 4.57. The van der Waals surface area contributed by atoms with Crippen molar-refractivity contribution in [2.75, 3.05) is 17.1 Å². The number of benzene rings is 2. The quantitative estimate of drug-likeness (QED) is 0.783. The van der Waals surface area contributed by atoms with Crippen LogP contribution in [0.15, 0.2) is 41.3 Å². The molecule has 4 nitrogen and oxygen atoms in total. The number of hydrogen-bond donors (Lipinski definition) is 2. The Hall–Kier alpha value is -1.92. The van der Waals surface area contributed by atoms with E-state index in [1.54, 1.807) is 7.11 Å². The number of rotatable bonds is 5. The van der Waals surface area contributed by atoms with Gasteiger partial charge < -0.3 is 14.8 Å². The van der Waals surface area contributed by atoms with Crippen LogP contribution in [0.25, 0.3) is 0 Å². The van der Waals surface area contributed by atoms with Crippen LogP contribution >= 0.6 is 23.5 Å². The molecular weight excluding hydrogens is 327 g/mol. The first-order valence-electron chi connectivity index (χ1n) is 6.33. The molecule has 2 aromatic rings. The second-order valence-electron chi connectivity index (χ2n) is 4.34. The first kappa shape index (κ1) is 16.5. The SMILES string of the molecule is COc1ccc(SNc2ccc(F)c(NC(C)=O)c2Cl)cc1. The van der Waals surface area contributed by atoms with E-state index in [4.69, 9.17) is 16.3 Å². The standard InChI is InChI=1S/C15H14ClFN2O2S/c1-9(20)18-15-12(17)7-8-13(14(15)16)19-22-11-5-3-10(21-2)4-6-11/h3-8,19H,1-2H3,(H,18,20). The van der Waals surface area contributed by atoms with Gasteiger partial charge in [0.25, 0.3) is 0 Å². The molecule has 0 heterocycles. The molecule has 2 N–H and O–H groups in total. The van der Waals surface area contributed by atoms with Gasteiger partial charge in [-0.2, -0.15) is 0 Å². The van der Waals surface area contributed by atoms with Crippen LogP contribution in [0, 0.1) is 5.82 Å². The Bertz CT molecular complexity index is 680. The number of carbonyl (C=O) groups excluding carboxylic acids is 1. The van der Waals surface area contributed by atoms with Crippen molar-refractivity contribution in [3.63, 3.8) is 0 Å². The third-order valence-electron chi connectivity index (χ3n) is 2.73. The minimum atomic E-state index is -0.583. The molecule has 0 aliphatic carbocycles. The summed E-state index contributed by atoms with van der Waals surface area (Å²) < 4.78 is 21.8. The van der Waals surface area contributed by atoms with E-state index in [1.807, 2.05) is 24.3 Å². The Morgan fingerprint density at radius 3 is 2.50 bits per heavy atom. The zero-order valence-corrected chi connectivity index (χ0v) is 13.5. The lowest BCUT2D eigenvalue weighted by Crippen LogP contribution is -2.08. The van der Waals surface area contributed by atoms with E-state index in [1.165, 1.54) is 31.0 Å². The molecule has 2 aromatic carbocycles. The van der Waals surface area contributed by atoms with Crippen molar-refractivity contribution in [1.82, 2.24) is 0 Å². The molecule has 2 rings (SSSR count). The number of amides is 1. The van der Waals surface area contributed by atoms with E-state index < -0.39 is 5.82 Å². The largest absolute Gasteiger partial charge is 0.497 e. The van der Waals surface area contributed by atoms with E-state index in [0.717, 1.165) is 10.6 Å². The lowest BCUT2D eigenvalue weighted by Gasteiger charge is -2.12. The van der Waals surface area contributed by atoms with Crippen molar-refractivity contribution in [1.29, 1.82) is 0 Å². The van der Waals surface area contributed by atoms with E-state index >= 15 is 0 Å². The van der Waals surface area contributed by atoms with Gasteiger partial charge in [-0.3, -0.25) is 4.79 Å². The molecule has 0 fully saturated rings. The molecule has 0 unspecified atom stereocenters. The van der Waals surface area contributed by atoms with Gasteiger partial charge in [0.1, 0.15) is 11.6 Å². The van der Waals surface area contributed by atoms with Crippen molar-refractivity contribution >= 4 is 40.8 Å². The summed E-state index contributed by atoms with van der Waals surface area (Å²) >= 11 is 7.44. The number of carbonyl (C=O) groups is 1. The van der Waals surface area contributed by atoms with E-state index in [9.17, 15) is 9.18 Å². The maximum absolute atomic E-state index is 13.7. The first-order valence-corrected chi connectivity index (χ1v) is 7.53. The minimum Gasteiger partial charge on any atom is -0.497 e. The van der Waals surface area contributed by atoms with Gasteiger partial charge >= 0.3 is 0 Å². The molecule has 0 aliphatic heterocycles. The molecule has 7 heteroatoms. The molecular formula is C15H14ClFN2O2S. The van der Waals surface area contributed by atoms with Gasteiger partial charge in [0.05, 0.1) is 23.5 Å². The lowest BCUT2D eigenvalue weighted by atomic mass is 10.2. The highest BCUT2D eigenvalue weighted by Gasteiger charge is 2.13. The Labute approximate surface area is 137 Å². The molecule has 0 saturated heterocycles. The average Bonchev–Trinajstić information content (AvgIpc) is 2.51. The zero-order chi connectivity index (χ0) is 16.1. The van der Waals surface area contributed by atoms with Gasteiger partial charge in [0.2, 0.25) is 5.91 Å². The summed E-state index contributed by atoms with van der Waals surface area (Å²) in [4.78, 5) is 12.0. The molecule has 116 valence electrons. The molecule has 1 amide bonds. The highest BCUT2D eigenvalue weighted by atomic mass is 35.5. The number of methoxy groups -OCH3 is 1. The third kappa shape index (κ3) is 4.05. The van der Waals surface area contributed by atoms with Crippen LogP contribution in [0.3, 0.4) is 0 Å². The lowest BCUT2D eigenvalue weighted by molar-refractivity contribution is -0.114. The number of hydrogen-bond acceptors (Lipinski definition) is 4. The molecule has 22 heavy (non-hydrogen) atoms. The zero-order valence-electron chi connectivity index (χ0n) is 11.9. The minimum absolute atomic E-state index is 0.0329. The maximum Gasteiger partial charge on any atom is 0.221 e. The smallest absolute Gasteiger partial charge is 0.221 e. The van der Waals surface area contributed by atoms with E-state index in [-0.39, 0.29) is 16.6 Å². The number of halogens is 2. The molecule has 0 radical (unpaired) electrons. The molecule has 0 aromatic heterocycles. The van der Waals surface area contributed by atoms with Gasteiger partial charge in [-0.25, -0.2) is 4.39 Å². The van der Waals surface area contributed by atoms with Crippen molar-refractivity contribution < 1.29 is 13.9 Å². The highest BCUT2D eigenvalue weighted by Crippen LogP contribution is 2.35. The Balaban J connectivity index is 2.13. The van der Waals surface area contributed by atoms with Crippen LogP contribution in [0.4, 0.5) is 15.8 Å². The Morgan fingerprint density at radius 1 is 1.23 bits per heavy atom. The van der Waals surface area contributed by atoms with Crippen LogP contribution in [0.5, 0.6) is 5.75 Å². The first-order chi connectivity index (χ1) is 10.5. The van der Waals surface area contributed by atoms with E-state index in [0.29, 0.717) is 5.69 Å². The van der Waals surface area contributed by atoms with Gasteiger partial charge in [0, 0.05) is 11.8 Å². The molecule has 0 spiro atoms. The summed E-state index contributed by atoms with van der Waals surface area (Å²) in [5.74, 6) is -0.210.